The van der Waals surface area contributed by atoms with E-state index in [-0.39, 0.29) is 9.79 Å². The predicted octanol–water partition coefficient (Wildman–Crippen LogP) is 1.60. The summed E-state index contributed by atoms with van der Waals surface area (Å²) >= 11 is 0. The number of sulfonamides is 2. The third-order valence-corrected chi connectivity index (χ3v) is 8.35. The van der Waals surface area contributed by atoms with Crippen LogP contribution in [0.5, 0.6) is 0 Å². The smallest absolute Gasteiger partial charge is 0.243 e. The lowest BCUT2D eigenvalue weighted by molar-refractivity contribution is 0.400. The maximum atomic E-state index is 13.0. The first-order valence-corrected chi connectivity index (χ1v) is 13.6. The van der Waals surface area contributed by atoms with Gasteiger partial charge >= 0.3 is 0 Å². The summed E-state index contributed by atoms with van der Waals surface area (Å²) in [5.41, 5.74) is 7.58. The molecule has 0 amide bonds. The first kappa shape index (κ1) is 26.4. The van der Waals surface area contributed by atoms with E-state index in [4.69, 9.17) is 5.73 Å². The molecule has 8 nitrogen and oxygen atoms in total. The van der Waals surface area contributed by atoms with Crippen molar-refractivity contribution < 1.29 is 16.8 Å². The Morgan fingerprint density at radius 3 is 1.88 bits per heavy atom. The molecule has 0 aliphatic carbocycles. The van der Waals surface area contributed by atoms with Gasteiger partial charge < -0.3 is 11.1 Å². The third kappa shape index (κ3) is 7.95. The zero-order valence-electron chi connectivity index (χ0n) is 18.7. The second-order valence-corrected chi connectivity index (χ2v) is 11.4. The van der Waals surface area contributed by atoms with Gasteiger partial charge in [0.15, 0.2) is 0 Å². The van der Waals surface area contributed by atoms with Crippen LogP contribution in [-0.2, 0) is 20.0 Å². The van der Waals surface area contributed by atoms with Gasteiger partial charge in [-0.05, 0) is 64.0 Å². The number of nitrogens with zero attached hydrogens (tertiary/aromatic N) is 1. The fraction of sp³-hybridized carbons (Fsp3) is 0.455. The Morgan fingerprint density at radius 2 is 1.31 bits per heavy atom. The summed E-state index contributed by atoms with van der Waals surface area (Å²) < 4.78 is 54.5. The number of hydrogen-bond acceptors (Lipinski definition) is 6. The number of nitrogens with one attached hydrogen (secondary N) is 2. The van der Waals surface area contributed by atoms with Crippen molar-refractivity contribution in [1.82, 2.24) is 14.3 Å². The van der Waals surface area contributed by atoms with Gasteiger partial charge in [0.05, 0.1) is 9.79 Å². The summed E-state index contributed by atoms with van der Waals surface area (Å²) in [5, 5.41) is 3.19. The Kier molecular flexibility index (Phi) is 10.3. The van der Waals surface area contributed by atoms with Gasteiger partial charge in [0.2, 0.25) is 20.0 Å². The quantitative estimate of drug-likeness (QED) is 0.352. The van der Waals surface area contributed by atoms with Gasteiger partial charge in [-0.1, -0.05) is 35.4 Å². The van der Waals surface area contributed by atoms with Crippen LogP contribution < -0.4 is 15.8 Å². The summed E-state index contributed by atoms with van der Waals surface area (Å²) in [5.74, 6) is 0. The third-order valence-electron chi connectivity index (χ3n) is 4.96. The van der Waals surface area contributed by atoms with Crippen LogP contribution in [0.15, 0.2) is 58.3 Å². The normalized spacial score (nSPS) is 12.4. The maximum Gasteiger partial charge on any atom is 0.243 e. The molecule has 0 saturated heterocycles. The monoisotopic (exact) mass is 482 g/mol. The SMILES string of the molecule is Cc1ccc(S(=O)(=O)NCCCNCCN(CCCN)S(=O)(=O)c2ccc(C)cc2)cc1. The zero-order valence-corrected chi connectivity index (χ0v) is 20.4. The van der Waals surface area contributed by atoms with E-state index < -0.39 is 20.0 Å². The minimum atomic E-state index is -3.59. The van der Waals surface area contributed by atoms with Crippen LogP contribution in [0.4, 0.5) is 0 Å². The maximum absolute atomic E-state index is 13.0. The van der Waals surface area contributed by atoms with Gasteiger partial charge in [0.1, 0.15) is 0 Å². The molecule has 0 aliphatic rings. The topological polar surface area (TPSA) is 122 Å². The Morgan fingerprint density at radius 1 is 0.750 bits per heavy atom. The highest BCUT2D eigenvalue weighted by Crippen LogP contribution is 2.16. The van der Waals surface area contributed by atoms with Crippen molar-refractivity contribution in [3.63, 3.8) is 0 Å². The van der Waals surface area contributed by atoms with E-state index in [1.165, 1.54) is 4.31 Å². The van der Waals surface area contributed by atoms with E-state index in [0.717, 1.165) is 11.1 Å². The molecule has 0 bridgehead atoms. The molecule has 0 aliphatic heterocycles. The van der Waals surface area contributed by atoms with Crippen LogP contribution in [0, 0.1) is 13.8 Å². The van der Waals surface area contributed by atoms with Crippen molar-refractivity contribution in [3.8, 4) is 0 Å². The van der Waals surface area contributed by atoms with Crippen LogP contribution in [0.1, 0.15) is 24.0 Å². The number of benzene rings is 2. The molecule has 4 N–H and O–H groups in total. The molecule has 0 atom stereocenters. The Bertz CT molecular complexity index is 1040. The molecule has 0 heterocycles. The van der Waals surface area contributed by atoms with Gasteiger partial charge in [-0.25, -0.2) is 21.6 Å². The van der Waals surface area contributed by atoms with E-state index in [2.05, 4.69) is 10.0 Å². The predicted molar refractivity (Wildman–Crippen MR) is 127 cm³/mol. The fourth-order valence-electron chi connectivity index (χ4n) is 3.03. The van der Waals surface area contributed by atoms with Gasteiger partial charge in [-0.3, -0.25) is 0 Å². The van der Waals surface area contributed by atoms with Crippen LogP contribution in [-0.4, -0.2) is 60.4 Å². The second-order valence-electron chi connectivity index (χ2n) is 7.67. The zero-order chi connectivity index (χ0) is 23.6. The molecule has 0 fully saturated rings. The number of rotatable bonds is 14. The molecule has 0 radical (unpaired) electrons. The molecule has 0 aromatic heterocycles. The van der Waals surface area contributed by atoms with Crippen molar-refractivity contribution in [3.05, 3.63) is 59.7 Å². The molecule has 32 heavy (non-hydrogen) atoms. The largest absolute Gasteiger partial charge is 0.330 e. The van der Waals surface area contributed by atoms with E-state index in [1.54, 1.807) is 48.5 Å². The van der Waals surface area contributed by atoms with Gasteiger partial charge in [0, 0.05) is 26.2 Å². The molecular formula is C22H34N4O4S2. The van der Waals surface area contributed by atoms with Crippen molar-refractivity contribution in [2.75, 3.05) is 39.3 Å². The highest BCUT2D eigenvalue weighted by atomic mass is 32.2. The van der Waals surface area contributed by atoms with Crippen molar-refractivity contribution in [2.45, 2.75) is 36.5 Å². The van der Waals surface area contributed by atoms with Crippen molar-refractivity contribution in [1.29, 1.82) is 0 Å². The van der Waals surface area contributed by atoms with Crippen molar-refractivity contribution in [2.24, 2.45) is 5.73 Å². The van der Waals surface area contributed by atoms with E-state index in [1.807, 2.05) is 13.8 Å². The molecule has 2 aromatic rings. The van der Waals surface area contributed by atoms with Gasteiger partial charge in [0.25, 0.3) is 0 Å². The second kappa shape index (κ2) is 12.4. The number of nitrogens with two attached hydrogens (primary N) is 1. The average molecular weight is 483 g/mol. The fourth-order valence-corrected chi connectivity index (χ4v) is 5.58. The first-order chi connectivity index (χ1) is 15.2. The summed E-state index contributed by atoms with van der Waals surface area (Å²) in [7, 11) is -7.12. The Balaban J connectivity index is 1.79. The minimum absolute atomic E-state index is 0.243. The number of hydrogen-bond donors (Lipinski definition) is 3. The standard InChI is InChI=1S/C22H34N4O4S2/c1-19-5-9-21(10-6-19)31(27,28)25-15-4-14-24-16-18-26(17-3-13-23)32(29,30)22-11-7-20(2)8-12-22/h5-12,24-25H,3-4,13-18,23H2,1-2H3. The highest BCUT2D eigenvalue weighted by Gasteiger charge is 2.23. The molecule has 0 spiro atoms. The van der Waals surface area contributed by atoms with E-state index >= 15 is 0 Å². The first-order valence-electron chi connectivity index (χ1n) is 10.7. The molecule has 2 rings (SSSR count). The van der Waals surface area contributed by atoms with Crippen LogP contribution >= 0.6 is 0 Å². The highest BCUT2D eigenvalue weighted by molar-refractivity contribution is 7.89. The van der Waals surface area contributed by atoms with Crippen LogP contribution in [0.3, 0.4) is 0 Å². The minimum Gasteiger partial charge on any atom is -0.330 e. The van der Waals surface area contributed by atoms with Gasteiger partial charge in [-0.2, -0.15) is 4.31 Å². The van der Waals surface area contributed by atoms with Crippen LogP contribution in [0.25, 0.3) is 0 Å². The summed E-state index contributed by atoms with van der Waals surface area (Å²) in [6.45, 7) is 6.20. The molecule has 0 saturated carbocycles. The Hall–Kier alpha value is -1.82. The summed E-state index contributed by atoms with van der Waals surface area (Å²) in [6.07, 6.45) is 1.16. The molecular weight excluding hydrogens is 448 g/mol. The summed E-state index contributed by atoms with van der Waals surface area (Å²) in [6, 6.07) is 13.5. The lowest BCUT2D eigenvalue weighted by Crippen LogP contribution is -2.38. The lowest BCUT2D eigenvalue weighted by atomic mass is 10.2. The van der Waals surface area contributed by atoms with E-state index in [9.17, 15) is 16.8 Å². The molecule has 0 unspecified atom stereocenters. The lowest BCUT2D eigenvalue weighted by Gasteiger charge is -2.22. The summed E-state index contributed by atoms with van der Waals surface area (Å²) in [4.78, 5) is 0.513. The molecule has 178 valence electrons. The van der Waals surface area contributed by atoms with E-state index in [0.29, 0.717) is 52.1 Å². The van der Waals surface area contributed by atoms with Crippen LogP contribution in [0.2, 0.25) is 0 Å². The van der Waals surface area contributed by atoms with Crippen molar-refractivity contribution >= 4 is 20.0 Å². The molecule has 2 aromatic carbocycles. The van der Waals surface area contributed by atoms with Gasteiger partial charge in [-0.15, -0.1) is 0 Å². The Labute approximate surface area is 192 Å². The average Bonchev–Trinajstić information content (AvgIpc) is 2.75. The number of aryl methyl sites for hydroxylation is 2. The molecule has 10 heteroatoms.